The largest absolute Gasteiger partial charge is 0.486 e. The van der Waals surface area contributed by atoms with Gasteiger partial charge in [0.2, 0.25) is 0 Å². The predicted octanol–water partition coefficient (Wildman–Crippen LogP) is 1.25. The van der Waals surface area contributed by atoms with Crippen molar-refractivity contribution in [1.82, 2.24) is 5.32 Å². The quantitative estimate of drug-likeness (QED) is 0.690. The molecule has 2 rings (SSSR count). The zero-order chi connectivity index (χ0) is 14.0. The van der Waals surface area contributed by atoms with Crippen LogP contribution in [0.1, 0.15) is 5.56 Å². The van der Waals surface area contributed by atoms with Crippen molar-refractivity contribution >= 4 is 0 Å². The van der Waals surface area contributed by atoms with Gasteiger partial charge in [-0.15, -0.1) is 0 Å². The molecule has 1 heterocycles. The van der Waals surface area contributed by atoms with E-state index in [0.717, 1.165) is 31.0 Å². The normalized spacial score (nSPS) is 13.4. The summed E-state index contributed by atoms with van der Waals surface area (Å²) >= 11 is 0. The third kappa shape index (κ3) is 5.00. The van der Waals surface area contributed by atoms with Gasteiger partial charge in [-0.1, -0.05) is 6.07 Å². The van der Waals surface area contributed by atoms with Gasteiger partial charge in [-0.25, -0.2) is 0 Å². The molecule has 0 radical (unpaired) electrons. The van der Waals surface area contributed by atoms with Crippen LogP contribution in [0.15, 0.2) is 18.2 Å². The van der Waals surface area contributed by atoms with E-state index in [2.05, 4.69) is 17.4 Å². The van der Waals surface area contributed by atoms with Gasteiger partial charge in [-0.3, -0.25) is 0 Å². The van der Waals surface area contributed by atoms with Crippen LogP contribution in [0.25, 0.3) is 0 Å². The van der Waals surface area contributed by atoms with E-state index in [-0.39, 0.29) is 0 Å². The summed E-state index contributed by atoms with van der Waals surface area (Å²) in [4.78, 5) is 0. The third-order valence-electron chi connectivity index (χ3n) is 3.05. The molecule has 0 aliphatic carbocycles. The van der Waals surface area contributed by atoms with Crippen LogP contribution in [-0.2, 0) is 15.9 Å². The van der Waals surface area contributed by atoms with Crippen LogP contribution in [0.2, 0.25) is 0 Å². The molecule has 0 amide bonds. The van der Waals surface area contributed by atoms with Gasteiger partial charge in [0.15, 0.2) is 11.5 Å². The minimum atomic E-state index is 0.632. The zero-order valence-corrected chi connectivity index (χ0v) is 12.0. The molecule has 1 aliphatic heterocycles. The number of methoxy groups -OCH3 is 1. The maximum Gasteiger partial charge on any atom is 0.161 e. The zero-order valence-electron chi connectivity index (χ0n) is 12.0. The molecular weight excluding hydrogens is 258 g/mol. The first-order valence-corrected chi connectivity index (χ1v) is 7.06. The van der Waals surface area contributed by atoms with Crippen LogP contribution in [0.5, 0.6) is 11.5 Å². The van der Waals surface area contributed by atoms with Crippen molar-refractivity contribution in [2.75, 3.05) is 53.2 Å². The fraction of sp³-hybridized carbons (Fsp3) is 0.600. The Kier molecular flexibility index (Phi) is 6.63. The summed E-state index contributed by atoms with van der Waals surface area (Å²) in [6, 6.07) is 6.13. The maximum atomic E-state index is 5.57. The van der Waals surface area contributed by atoms with E-state index in [9.17, 15) is 0 Å². The molecule has 5 heteroatoms. The molecule has 0 spiro atoms. The molecule has 1 aromatic rings. The summed E-state index contributed by atoms with van der Waals surface area (Å²) < 4.78 is 21.4. The van der Waals surface area contributed by atoms with Crippen molar-refractivity contribution in [3.63, 3.8) is 0 Å². The van der Waals surface area contributed by atoms with Crippen molar-refractivity contribution < 1.29 is 18.9 Å². The van der Waals surface area contributed by atoms with Gasteiger partial charge < -0.3 is 24.3 Å². The number of fused-ring (bicyclic) bond motifs is 1. The summed E-state index contributed by atoms with van der Waals surface area (Å²) in [5, 5.41) is 3.35. The van der Waals surface area contributed by atoms with E-state index in [1.165, 1.54) is 5.56 Å². The Hall–Kier alpha value is -1.30. The molecule has 1 N–H and O–H groups in total. The second kappa shape index (κ2) is 8.79. The molecule has 0 saturated heterocycles. The predicted molar refractivity (Wildman–Crippen MR) is 76.7 cm³/mol. The number of benzene rings is 1. The highest BCUT2D eigenvalue weighted by Gasteiger charge is 2.11. The van der Waals surface area contributed by atoms with Crippen LogP contribution >= 0.6 is 0 Å². The standard InChI is InChI=1S/C15H23NO4/c1-17-8-9-18-7-6-16-5-4-13-2-3-14-15(12-13)20-11-10-19-14/h2-3,12,16H,4-11H2,1H3. The molecule has 0 bridgehead atoms. The molecule has 0 atom stereocenters. The Morgan fingerprint density at radius 2 is 1.90 bits per heavy atom. The Morgan fingerprint density at radius 3 is 2.75 bits per heavy atom. The molecule has 112 valence electrons. The first kappa shape index (κ1) is 15.1. The molecule has 0 fully saturated rings. The number of nitrogens with one attached hydrogen (secondary N) is 1. The second-order valence-corrected chi connectivity index (χ2v) is 4.58. The summed E-state index contributed by atoms with van der Waals surface area (Å²) in [6.45, 7) is 5.06. The SMILES string of the molecule is COCCOCCNCCc1ccc2c(c1)OCCO2. The van der Waals surface area contributed by atoms with Crippen LogP contribution in [0.3, 0.4) is 0 Å². The van der Waals surface area contributed by atoms with Gasteiger partial charge >= 0.3 is 0 Å². The van der Waals surface area contributed by atoms with Crippen LogP contribution in [0, 0.1) is 0 Å². The first-order chi connectivity index (χ1) is 9.90. The van der Waals surface area contributed by atoms with E-state index in [1.807, 2.05) is 6.07 Å². The lowest BCUT2D eigenvalue weighted by atomic mass is 10.1. The molecule has 20 heavy (non-hydrogen) atoms. The van der Waals surface area contributed by atoms with Crippen molar-refractivity contribution in [2.24, 2.45) is 0 Å². The van der Waals surface area contributed by atoms with Gasteiger partial charge in [-0.2, -0.15) is 0 Å². The van der Waals surface area contributed by atoms with Gasteiger partial charge in [0.05, 0.1) is 19.8 Å². The van der Waals surface area contributed by atoms with E-state index in [0.29, 0.717) is 33.0 Å². The maximum absolute atomic E-state index is 5.57. The number of hydrogen-bond acceptors (Lipinski definition) is 5. The lowest BCUT2D eigenvalue weighted by Gasteiger charge is -2.18. The Morgan fingerprint density at radius 1 is 1.05 bits per heavy atom. The average Bonchev–Trinajstić information content (AvgIpc) is 2.50. The van der Waals surface area contributed by atoms with Crippen molar-refractivity contribution in [3.8, 4) is 11.5 Å². The second-order valence-electron chi connectivity index (χ2n) is 4.58. The summed E-state index contributed by atoms with van der Waals surface area (Å²) in [6.07, 6.45) is 0.967. The van der Waals surface area contributed by atoms with E-state index in [1.54, 1.807) is 7.11 Å². The van der Waals surface area contributed by atoms with Gasteiger partial charge in [0.25, 0.3) is 0 Å². The summed E-state index contributed by atoms with van der Waals surface area (Å²) in [5.74, 6) is 1.70. The monoisotopic (exact) mass is 281 g/mol. The van der Waals surface area contributed by atoms with Crippen molar-refractivity contribution in [1.29, 1.82) is 0 Å². The van der Waals surface area contributed by atoms with Gasteiger partial charge in [0, 0.05) is 13.7 Å². The van der Waals surface area contributed by atoms with Crippen LogP contribution in [-0.4, -0.2) is 53.2 Å². The average molecular weight is 281 g/mol. The molecular formula is C15H23NO4. The Bertz CT molecular complexity index is 397. The number of ether oxygens (including phenoxy) is 4. The fourth-order valence-corrected chi connectivity index (χ4v) is 1.99. The topological polar surface area (TPSA) is 49.0 Å². The van der Waals surface area contributed by atoms with Crippen LogP contribution in [0.4, 0.5) is 0 Å². The van der Waals surface area contributed by atoms with Crippen molar-refractivity contribution in [3.05, 3.63) is 23.8 Å². The highest BCUT2D eigenvalue weighted by molar-refractivity contribution is 5.43. The van der Waals surface area contributed by atoms with Gasteiger partial charge in [-0.05, 0) is 30.7 Å². The lowest BCUT2D eigenvalue weighted by Crippen LogP contribution is -2.23. The van der Waals surface area contributed by atoms with E-state index < -0.39 is 0 Å². The summed E-state index contributed by atoms with van der Waals surface area (Å²) in [7, 11) is 1.68. The fourth-order valence-electron chi connectivity index (χ4n) is 1.99. The molecule has 5 nitrogen and oxygen atoms in total. The smallest absolute Gasteiger partial charge is 0.161 e. The highest BCUT2D eigenvalue weighted by Crippen LogP contribution is 2.30. The lowest BCUT2D eigenvalue weighted by molar-refractivity contribution is 0.0721. The minimum Gasteiger partial charge on any atom is -0.486 e. The molecule has 1 aromatic carbocycles. The summed E-state index contributed by atoms with van der Waals surface area (Å²) in [5.41, 5.74) is 1.25. The van der Waals surface area contributed by atoms with E-state index >= 15 is 0 Å². The Balaban J connectivity index is 1.60. The number of hydrogen-bond donors (Lipinski definition) is 1. The minimum absolute atomic E-state index is 0.632. The molecule has 0 unspecified atom stereocenters. The first-order valence-electron chi connectivity index (χ1n) is 7.06. The molecule has 1 aliphatic rings. The van der Waals surface area contributed by atoms with Crippen LogP contribution < -0.4 is 14.8 Å². The van der Waals surface area contributed by atoms with Crippen molar-refractivity contribution in [2.45, 2.75) is 6.42 Å². The third-order valence-corrected chi connectivity index (χ3v) is 3.05. The molecule has 0 aromatic heterocycles. The number of rotatable bonds is 9. The van der Waals surface area contributed by atoms with E-state index in [4.69, 9.17) is 18.9 Å². The Labute approximate surface area is 120 Å². The van der Waals surface area contributed by atoms with Gasteiger partial charge in [0.1, 0.15) is 13.2 Å². The molecule has 0 saturated carbocycles. The highest BCUT2D eigenvalue weighted by atomic mass is 16.6.